The molecule has 106 valence electrons. The molecule has 4 rings (SSSR count). The zero-order valence-corrected chi connectivity index (χ0v) is 12.3. The van der Waals surface area contributed by atoms with Crippen LogP contribution in [0.3, 0.4) is 0 Å². The lowest BCUT2D eigenvalue weighted by atomic mass is 10.1. The van der Waals surface area contributed by atoms with Crippen molar-refractivity contribution in [3.63, 3.8) is 0 Å². The second-order valence-corrected chi connectivity index (χ2v) is 5.91. The van der Waals surface area contributed by atoms with Gasteiger partial charge in [-0.05, 0) is 49.4 Å². The highest BCUT2D eigenvalue weighted by molar-refractivity contribution is 5.85. The smallest absolute Gasteiger partial charge is 0.0651 e. The molecule has 0 spiro atoms. The van der Waals surface area contributed by atoms with Crippen LogP contribution in [0, 0.1) is 0 Å². The molecular weight excluding hydrogens is 256 g/mol. The summed E-state index contributed by atoms with van der Waals surface area (Å²) in [7, 11) is 0. The number of para-hydroxylation sites is 1. The summed E-state index contributed by atoms with van der Waals surface area (Å²) in [6, 6.07) is 15.0. The third-order valence-electron chi connectivity index (χ3n) is 4.58. The van der Waals surface area contributed by atoms with Crippen LogP contribution in [0.5, 0.6) is 0 Å². The van der Waals surface area contributed by atoms with E-state index in [0.717, 1.165) is 12.2 Å². The molecule has 0 N–H and O–H groups in total. The number of aryl methyl sites for hydroxylation is 1. The minimum absolute atomic E-state index is 0.886. The van der Waals surface area contributed by atoms with Crippen LogP contribution in [-0.4, -0.2) is 9.55 Å². The summed E-state index contributed by atoms with van der Waals surface area (Å²) in [6.45, 7) is 0.886. The largest absolute Gasteiger partial charge is 0.338 e. The van der Waals surface area contributed by atoms with Gasteiger partial charge in [-0.2, -0.15) is 0 Å². The summed E-state index contributed by atoms with van der Waals surface area (Å²) in [6.07, 6.45) is 8.31. The van der Waals surface area contributed by atoms with E-state index in [1.807, 2.05) is 12.3 Å². The van der Waals surface area contributed by atoms with Crippen molar-refractivity contribution in [3.05, 3.63) is 65.6 Å². The first-order valence-electron chi connectivity index (χ1n) is 7.92. The Balaban J connectivity index is 1.88. The van der Waals surface area contributed by atoms with Crippen molar-refractivity contribution in [3.8, 4) is 0 Å². The normalized spacial score (nSPS) is 14.9. The van der Waals surface area contributed by atoms with Crippen molar-refractivity contribution in [1.82, 2.24) is 9.55 Å². The van der Waals surface area contributed by atoms with E-state index in [1.165, 1.54) is 43.0 Å². The third kappa shape index (κ3) is 2.25. The summed E-state index contributed by atoms with van der Waals surface area (Å²) in [5.74, 6) is 0. The van der Waals surface area contributed by atoms with Crippen LogP contribution >= 0.6 is 0 Å². The topological polar surface area (TPSA) is 17.8 Å². The number of rotatable bonds is 2. The molecule has 0 amide bonds. The molecule has 0 unspecified atom stereocenters. The number of hydrogen-bond donors (Lipinski definition) is 0. The van der Waals surface area contributed by atoms with E-state index >= 15 is 0 Å². The summed E-state index contributed by atoms with van der Waals surface area (Å²) in [5, 5.41) is 1.45. The Morgan fingerprint density at radius 2 is 1.76 bits per heavy atom. The Labute approximate surface area is 125 Å². The SMILES string of the molecule is c1ccc(Cn2c3c(c4ccccc42)CCCCC3)nc1. The molecule has 0 atom stereocenters. The first-order chi connectivity index (χ1) is 10.4. The Morgan fingerprint density at radius 1 is 0.905 bits per heavy atom. The van der Waals surface area contributed by atoms with Crippen LogP contribution in [0.15, 0.2) is 48.7 Å². The fourth-order valence-electron chi connectivity index (χ4n) is 3.60. The van der Waals surface area contributed by atoms with E-state index in [9.17, 15) is 0 Å². The lowest BCUT2D eigenvalue weighted by Gasteiger charge is -2.10. The molecule has 0 fully saturated rings. The van der Waals surface area contributed by atoms with E-state index in [4.69, 9.17) is 0 Å². The van der Waals surface area contributed by atoms with Crippen LogP contribution in [0.2, 0.25) is 0 Å². The average Bonchev–Trinajstić information content (AvgIpc) is 2.69. The van der Waals surface area contributed by atoms with Gasteiger partial charge in [0.25, 0.3) is 0 Å². The highest BCUT2D eigenvalue weighted by Gasteiger charge is 2.18. The second kappa shape index (κ2) is 5.36. The van der Waals surface area contributed by atoms with Crippen molar-refractivity contribution in [2.75, 3.05) is 0 Å². The van der Waals surface area contributed by atoms with Crippen LogP contribution < -0.4 is 0 Å². The highest BCUT2D eigenvalue weighted by Crippen LogP contribution is 2.31. The molecular formula is C19H20N2. The van der Waals surface area contributed by atoms with E-state index in [0.29, 0.717) is 0 Å². The monoisotopic (exact) mass is 276 g/mol. The van der Waals surface area contributed by atoms with Crippen LogP contribution in [0.4, 0.5) is 0 Å². The number of nitrogens with zero attached hydrogens (tertiary/aromatic N) is 2. The van der Waals surface area contributed by atoms with Gasteiger partial charge in [0.1, 0.15) is 0 Å². The van der Waals surface area contributed by atoms with E-state index < -0.39 is 0 Å². The summed E-state index contributed by atoms with van der Waals surface area (Å²) in [5.41, 5.74) is 5.64. The molecule has 0 aliphatic heterocycles. The van der Waals surface area contributed by atoms with Gasteiger partial charge in [-0.15, -0.1) is 0 Å². The minimum Gasteiger partial charge on any atom is -0.338 e. The molecule has 1 aliphatic rings. The Bertz CT molecular complexity index is 756. The van der Waals surface area contributed by atoms with Gasteiger partial charge >= 0.3 is 0 Å². The van der Waals surface area contributed by atoms with Crippen molar-refractivity contribution < 1.29 is 0 Å². The van der Waals surface area contributed by atoms with Crippen molar-refractivity contribution in [2.24, 2.45) is 0 Å². The predicted molar refractivity (Wildman–Crippen MR) is 86.5 cm³/mol. The first-order valence-corrected chi connectivity index (χ1v) is 7.92. The number of aromatic nitrogens is 2. The second-order valence-electron chi connectivity index (χ2n) is 5.91. The van der Waals surface area contributed by atoms with Gasteiger partial charge in [0, 0.05) is 22.8 Å². The molecule has 21 heavy (non-hydrogen) atoms. The fraction of sp³-hybridized carbons (Fsp3) is 0.316. The Hall–Kier alpha value is -2.09. The van der Waals surface area contributed by atoms with Gasteiger partial charge in [-0.1, -0.05) is 30.7 Å². The Morgan fingerprint density at radius 3 is 2.67 bits per heavy atom. The highest BCUT2D eigenvalue weighted by atomic mass is 15.0. The number of benzene rings is 1. The molecule has 2 heteroatoms. The summed E-state index contributed by atoms with van der Waals surface area (Å²) in [4.78, 5) is 4.51. The minimum atomic E-state index is 0.886. The Kier molecular flexibility index (Phi) is 3.23. The van der Waals surface area contributed by atoms with Crippen LogP contribution in [-0.2, 0) is 19.4 Å². The predicted octanol–water partition coefficient (Wildman–Crippen LogP) is 4.35. The summed E-state index contributed by atoms with van der Waals surface area (Å²) < 4.78 is 2.50. The maximum absolute atomic E-state index is 4.51. The number of pyridine rings is 1. The summed E-state index contributed by atoms with van der Waals surface area (Å²) >= 11 is 0. The van der Waals surface area contributed by atoms with Gasteiger partial charge in [-0.25, -0.2) is 0 Å². The third-order valence-corrected chi connectivity index (χ3v) is 4.58. The van der Waals surface area contributed by atoms with Gasteiger partial charge in [0.15, 0.2) is 0 Å². The fourth-order valence-corrected chi connectivity index (χ4v) is 3.60. The molecule has 2 aromatic heterocycles. The number of fused-ring (bicyclic) bond motifs is 3. The van der Waals surface area contributed by atoms with E-state index in [1.54, 1.807) is 11.3 Å². The molecule has 1 aromatic carbocycles. The van der Waals surface area contributed by atoms with Gasteiger partial charge in [0.2, 0.25) is 0 Å². The molecule has 0 radical (unpaired) electrons. The van der Waals surface area contributed by atoms with Gasteiger partial charge < -0.3 is 4.57 Å². The van der Waals surface area contributed by atoms with E-state index in [2.05, 4.69) is 45.9 Å². The lowest BCUT2D eigenvalue weighted by Crippen LogP contribution is -2.06. The van der Waals surface area contributed by atoms with Gasteiger partial charge in [0.05, 0.1) is 12.2 Å². The molecule has 0 saturated carbocycles. The zero-order valence-electron chi connectivity index (χ0n) is 12.3. The molecule has 2 heterocycles. The van der Waals surface area contributed by atoms with Crippen molar-refractivity contribution >= 4 is 10.9 Å². The maximum atomic E-state index is 4.51. The van der Waals surface area contributed by atoms with Crippen LogP contribution in [0.1, 0.15) is 36.2 Å². The zero-order chi connectivity index (χ0) is 14.1. The quantitative estimate of drug-likeness (QED) is 0.636. The standard InChI is InChI=1S/C19H20N2/c1-2-9-16-17-10-4-5-12-19(17)21(18(16)11-3-1)14-15-8-6-7-13-20-15/h4-8,10,12-13H,1-3,9,11,14H2. The maximum Gasteiger partial charge on any atom is 0.0651 e. The lowest BCUT2D eigenvalue weighted by molar-refractivity contribution is 0.684. The molecule has 0 saturated heterocycles. The molecule has 2 nitrogen and oxygen atoms in total. The van der Waals surface area contributed by atoms with E-state index in [-0.39, 0.29) is 0 Å². The molecule has 0 bridgehead atoms. The van der Waals surface area contributed by atoms with Gasteiger partial charge in [-0.3, -0.25) is 4.98 Å². The number of hydrogen-bond acceptors (Lipinski definition) is 1. The molecule has 3 aromatic rings. The van der Waals surface area contributed by atoms with Crippen LogP contribution in [0.25, 0.3) is 10.9 Å². The average molecular weight is 276 g/mol. The first kappa shape index (κ1) is 12.6. The van der Waals surface area contributed by atoms with Crippen molar-refractivity contribution in [2.45, 2.75) is 38.6 Å². The van der Waals surface area contributed by atoms with Crippen molar-refractivity contribution in [1.29, 1.82) is 0 Å². The molecule has 1 aliphatic carbocycles.